The molecule has 0 aliphatic carbocycles. The summed E-state index contributed by atoms with van der Waals surface area (Å²) in [7, 11) is 0. The van der Waals surface area contributed by atoms with E-state index in [4.69, 9.17) is 10.5 Å². The molecule has 8 heteroatoms. The molecule has 28 heavy (non-hydrogen) atoms. The van der Waals surface area contributed by atoms with Gasteiger partial charge in [-0.2, -0.15) is 0 Å². The number of alkyl halides is 3. The van der Waals surface area contributed by atoms with Crippen LogP contribution in [0, 0.1) is 0 Å². The molecule has 0 radical (unpaired) electrons. The second-order valence-corrected chi connectivity index (χ2v) is 6.70. The van der Waals surface area contributed by atoms with Gasteiger partial charge >= 0.3 is 12.4 Å². The Hall–Kier alpha value is -2.90. The van der Waals surface area contributed by atoms with Gasteiger partial charge in [-0.3, -0.25) is 0 Å². The van der Waals surface area contributed by atoms with Crippen molar-refractivity contribution in [3.63, 3.8) is 0 Å². The van der Waals surface area contributed by atoms with E-state index in [1.54, 1.807) is 23.1 Å². The van der Waals surface area contributed by atoms with Gasteiger partial charge in [0.2, 0.25) is 0 Å². The summed E-state index contributed by atoms with van der Waals surface area (Å²) in [6.07, 6.45) is -3.06. The molecule has 0 aromatic heterocycles. The molecule has 150 valence electrons. The summed E-state index contributed by atoms with van der Waals surface area (Å²) in [5.41, 5.74) is 6.71. The first kappa shape index (κ1) is 19.9. The molecule has 1 saturated heterocycles. The number of para-hydroxylation sites is 1. The first-order chi connectivity index (χ1) is 13.2. The number of hydrogen-bond donors (Lipinski definition) is 1. The molecular weight excluding hydrogens is 373 g/mol. The van der Waals surface area contributed by atoms with Gasteiger partial charge in [-0.05, 0) is 43.5 Å². The molecule has 1 aliphatic heterocycles. The van der Waals surface area contributed by atoms with Gasteiger partial charge in [-0.15, -0.1) is 13.2 Å². The number of amides is 2. The van der Waals surface area contributed by atoms with E-state index in [0.29, 0.717) is 5.75 Å². The van der Waals surface area contributed by atoms with Crippen molar-refractivity contribution in [2.45, 2.75) is 44.8 Å². The zero-order valence-corrected chi connectivity index (χ0v) is 15.3. The predicted octanol–water partition coefficient (Wildman–Crippen LogP) is 4.77. The molecule has 2 aromatic carbocycles. The smallest absolute Gasteiger partial charge is 0.489 e. The van der Waals surface area contributed by atoms with Crippen molar-refractivity contribution in [2.75, 3.05) is 0 Å². The molecule has 5 nitrogen and oxygen atoms in total. The number of primary amides is 1. The SMILES string of the molecule is CC1CC[C@H](c2ccc(OCc3ccccc3OC(F)(F)F)cc2)N1C(N)=O. The van der Waals surface area contributed by atoms with E-state index in [-0.39, 0.29) is 30.0 Å². The second kappa shape index (κ2) is 8.00. The Morgan fingerprint density at radius 1 is 1.14 bits per heavy atom. The fourth-order valence-electron chi connectivity index (χ4n) is 3.48. The molecule has 0 spiro atoms. The van der Waals surface area contributed by atoms with E-state index in [1.807, 2.05) is 19.1 Å². The maximum atomic E-state index is 12.5. The number of ether oxygens (including phenoxy) is 2. The van der Waals surface area contributed by atoms with Crippen LogP contribution in [0.5, 0.6) is 11.5 Å². The monoisotopic (exact) mass is 394 g/mol. The number of hydrogen-bond acceptors (Lipinski definition) is 3. The van der Waals surface area contributed by atoms with E-state index in [9.17, 15) is 18.0 Å². The molecule has 1 fully saturated rings. The summed E-state index contributed by atoms with van der Waals surface area (Å²) in [4.78, 5) is 13.4. The zero-order chi connectivity index (χ0) is 20.3. The summed E-state index contributed by atoms with van der Waals surface area (Å²) in [5, 5.41) is 0. The standard InChI is InChI=1S/C20H21F3N2O3/c1-13-6-11-17(25(13)19(24)26)14-7-9-16(10-8-14)27-12-15-4-2-3-5-18(15)28-20(21,22)23/h2-5,7-10,13,17H,6,11-12H2,1H3,(H2,24,26)/t13?,17-/m1/s1. The molecule has 1 heterocycles. The number of rotatable bonds is 5. The minimum atomic E-state index is -4.76. The minimum Gasteiger partial charge on any atom is -0.489 e. The Morgan fingerprint density at radius 3 is 2.46 bits per heavy atom. The summed E-state index contributed by atoms with van der Waals surface area (Å²) in [6.45, 7) is 1.89. The summed E-state index contributed by atoms with van der Waals surface area (Å²) >= 11 is 0. The largest absolute Gasteiger partial charge is 0.573 e. The molecule has 2 amide bonds. The van der Waals surface area contributed by atoms with E-state index in [0.717, 1.165) is 18.4 Å². The van der Waals surface area contributed by atoms with Crippen molar-refractivity contribution < 1.29 is 27.4 Å². The average molecular weight is 394 g/mol. The number of carbonyl (C=O) groups excluding carboxylic acids is 1. The Kier molecular flexibility index (Phi) is 5.67. The van der Waals surface area contributed by atoms with Crippen molar-refractivity contribution >= 4 is 6.03 Å². The third-order valence-corrected chi connectivity index (χ3v) is 4.78. The molecule has 0 saturated carbocycles. The number of urea groups is 1. The molecule has 2 atom stereocenters. The molecule has 2 aromatic rings. The van der Waals surface area contributed by atoms with Gasteiger partial charge in [-0.25, -0.2) is 4.79 Å². The highest BCUT2D eigenvalue weighted by Crippen LogP contribution is 2.36. The van der Waals surface area contributed by atoms with Crippen molar-refractivity contribution in [1.29, 1.82) is 0 Å². The Balaban J connectivity index is 1.67. The van der Waals surface area contributed by atoms with Gasteiger partial charge in [-0.1, -0.05) is 30.3 Å². The lowest BCUT2D eigenvalue weighted by molar-refractivity contribution is -0.275. The van der Waals surface area contributed by atoms with Gasteiger partial charge < -0.3 is 20.1 Å². The van der Waals surface area contributed by atoms with Crippen LogP contribution < -0.4 is 15.2 Å². The van der Waals surface area contributed by atoms with Gasteiger partial charge in [0.15, 0.2) is 0 Å². The number of benzene rings is 2. The van der Waals surface area contributed by atoms with E-state index >= 15 is 0 Å². The van der Waals surface area contributed by atoms with Crippen LogP contribution in [0.25, 0.3) is 0 Å². The van der Waals surface area contributed by atoms with Crippen LogP contribution in [-0.4, -0.2) is 23.3 Å². The summed E-state index contributed by atoms with van der Waals surface area (Å²) in [6, 6.07) is 12.5. The first-order valence-electron chi connectivity index (χ1n) is 8.89. The van der Waals surface area contributed by atoms with Crippen LogP contribution in [0.2, 0.25) is 0 Å². The van der Waals surface area contributed by atoms with Crippen LogP contribution >= 0.6 is 0 Å². The maximum Gasteiger partial charge on any atom is 0.573 e. The lowest BCUT2D eigenvalue weighted by Crippen LogP contribution is -2.39. The summed E-state index contributed by atoms with van der Waals surface area (Å²) < 4.78 is 47.1. The second-order valence-electron chi connectivity index (χ2n) is 6.70. The molecule has 0 bridgehead atoms. The molecule has 1 unspecified atom stereocenters. The van der Waals surface area contributed by atoms with Gasteiger partial charge in [0.25, 0.3) is 0 Å². The average Bonchev–Trinajstić information content (AvgIpc) is 3.02. The highest BCUT2D eigenvalue weighted by molar-refractivity contribution is 5.73. The van der Waals surface area contributed by atoms with Crippen molar-refractivity contribution in [2.24, 2.45) is 5.73 Å². The van der Waals surface area contributed by atoms with Gasteiger partial charge in [0.05, 0.1) is 6.04 Å². The zero-order valence-electron chi connectivity index (χ0n) is 15.3. The fourth-order valence-corrected chi connectivity index (χ4v) is 3.48. The lowest BCUT2D eigenvalue weighted by atomic mass is 10.0. The third-order valence-electron chi connectivity index (χ3n) is 4.78. The third kappa shape index (κ3) is 4.68. The molecular formula is C20H21F3N2O3. The fraction of sp³-hybridized carbons (Fsp3) is 0.350. The molecule has 3 rings (SSSR count). The van der Waals surface area contributed by atoms with E-state index < -0.39 is 12.4 Å². The number of nitrogens with two attached hydrogens (primary N) is 1. The normalized spacial score (nSPS) is 19.5. The van der Waals surface area contributed by atoms with Gasteiger partial charge in [0.1, 0.15) is 18.1 Å². The first-order valence-corrected chi connectivity index (χ1v) is 8.89. The van der Waals surface area contributed by atoms with Crippen LogP contribution in [0.3, 0.4) is 0 Å². The van der Waals surface area contributed by atoms with Crippen LogP contribution in [0.4, 0.5) is 18.0 Å². The number of carbonyl (C=O) groups is 1. The topological polar surface area (TPSA) is 64.8 Å². The van der Waals surface area contributed by atoms with Gasteiger partial charge in [0, 0.05) is 11.6 Å². The Bertz CT molecular complexity index is 824. The minimum absolute atomic E-state index is 0.0700. The van der Waals surface area contributed by atoms with E-state index in [1.165, 1.54) is 18.2 Å². The quantitative estimate of drug-likeness (QED) is 0.795. The Morgan fingerprint density at radius 2 is 1.82 bits per heavy atom. The van der Waals surface area contributed by atoms with Crippen LogP contribution in [-0.2, 0) is 6.61 Å². The number of nitrogens with zero attached hydrogens (tertiary/aromatic N) is 1. The lowest BCUT2D eigenvalue weighted by Gasteiger charge is -2.27. The molecule has 2 N–H and O–H groups in total. The van der Waals surface area contributed by atoms with Crippen LogP contribution in [0.15, 0.2) is 48.5 Å². The predicted molar refractivity (Wildman–Crippen MR) is 96.8 cm³/mol. The highest BCUT2D eigenvalue weighted by atomic mass is 19.4. The Labute approximate surface area is 160 Å². The van der Waals surface area contributed by atoms with E-state index in [2.05, 4.69) is 4.74 Å². The molecule has 1 aliphatic rings. The van der Waals surface area contributed by atoms with Crippen molar-refractivity contribution in [3.8, 4) is 11.5 Å². The maximum absolute atomic E-state index is 12.5. The summed E-state index contributed by atoms with van der Waals surface area (Å²) in [5.74, 6) is 0.214. The van der Waals surface area contributed by atoms with Crippen molar-refractivity contribution in [3.05, 3.63) is 59.7 Å². The number of halogens is 3. The van der Waals surface area contributed by atoms with Crippen LogP contribution in [0.1, 0.15) is 36.9 Å². The highest BCUT2D eigenvalue weighted by Gasteiger charge is 2.34. The van der Waals surface area contributed by atoms with Crippen molar-refractivity contribution in [1.82, 2.24) is 4.90 Å². The number of likely N-dealkylation sites (tertiary alicyclic amines) is 1.